The Labute approximate surface area is 110 Å². The Hall–Kier alpha value is -1.39. The van der Waals surface area contributed by atoms with Gasteiger partial charge in [-0.1, -0.05) is 23.5 Å². The van der Waals surface area contributed by atoms with Gasteiger partial charge >= 0.3 is 0 Å². The van der Waals surface area contributed by atoms with Gasteiger partial charge in [-0.15, -0.1) is 0 Å². The molecule has 1 atom stereocenters. The first-order chi connectivity index (χ1) is 8.66. The van der Waals surface area contributed by atoms with E-state index in [0.29, 0.717) is 0 Å². The van der Waals surface area contributed by atoms with E-state index in [1.54, 1.807) is 11.3 Å². The molecule has 0 saturated heterocycles. The van der Waals surface area contributed by atoms with Gasteiger partial charge in [-0.2, -0.15) is 0 Å². The summed E-state index contributed by atoms with van der Waals surface area (Å²) in [6.45, 7) is 3.88. The van der Waals surface area contributed by atoms with Gasteiger partial charge in [0.2, 0.25) is 0 Å². The highest BCUT2D eigenvalue weighted by Crippen LogP contribution is 2.29. The summed E-state index contributed by atoms with van der Waals surface area (Å²) in [6, 6.07) is 8.37. The van der Waals surface area contributed by atoms with E-state index in [-0.39, 0.29) is 6.10 Å². The van der Waals surface area contributed by atoms with Gasteiger partial charge in [0.05, 0.1) is 22.0 Å². The lowest BCUT2D eigenvalue weighted by atomic mass is 10.1. The van der Waals surface area contributed by atoms with Crippen molar-refractivity contribution in [3.63, 3.8) is 0 Å². The zero-order valence-corrected chi connectivity index (χ0v) is 11.4. The second kappa shape index (κ2) is 4.37. The monoisotopic (exact) mass is 260 g/mol. The number of aryl methyl sites for hydroxylation is 2. The molecule has 0 fully saturated rings. The zero-order chi connectivity index (χ0) is 12.7. The summed E-state index contributed by atoms with van der Waals surface area (Å²) in [5.41, 5.74) is 3.52. The number of hydrogen-bond donors (Lipinski definition) is 1. The normalized spacial score (nSPS) is 13.5. The largest absolute Gasteiger partial charge is 0.393 e. The number of nitrogens with zero attached hydrogens (tertiary/aromatic N) is 2. The summed E-state index contributed by atoms with van der Waals surface area (Å²) in [5, 5.41) is 9.45. The summed E-state index contributed by atoms with van der Waals surface area (Å²) in [5.74, 6) is 0. The van der Waals surface area contributed by atoms with Gasteiger partial charge in [-0.25, -0.2) is 4.98 Å². The van der Waals surface area contributed by atoms with Crippen molar-refractivity contribution in [2.75, 3.05) is 0 Å². The van der Waals surface area contributed by atoms with E-state index in [2.05, 4.69) is 33.7 Å². The van der Waals surface area contributed by atoms with Crippen LogP contribution in [0.25, 0.3) is 15.2 Å². The number of imidazole rings is 1. The van der Waals surface area contributed by atoms with Gasteiger partial charge in [0, 0.05) is 5.69 Å². The van der Waals surface area contributed by atoms with Gasteiger partial charge in [0.1, 0.15) is 0 Å². The van der Waals surface area contributed by atoms with E-state index < -0.39 is 0 Å². The average molecular weight is 260 g/mol. The van der Waals surface area contributed by atoms with E-state index in [0.717, 1.165) is 23.5 Å². The van der Waals surface area contributed by atoms with Crippen LogP contribution in [0.3, 0.4) is 0 Å². The summed E-state index contributed by atoms with van der Waals surface area (Å²) >= 11 is 1.72. The summed E-state index contributed by atoms with van der Waals surface area (Å²) in [4.78, 5) is 5.68. The van der Waals surface area contributed by atoms with E-state index >= 15 is 0 Å². The SMILES string of the molecule is Cc1nc2sc3ccccc3n2c1CCC(C)O. The number of rotatable bonds is 3. The number of aliphatic hydroxyl groups is 1. The van der Waals surface area contributed by atoms with Crippen molar-refractivity contribution in [2.45, 2.75) is 32.8 Å². The first-order valence-electron chi connectivity index (χ1n) is 6.20. The summed E-state index contributed by atoms with van der Waals surface area (Å²) in [6.07, 6.45) is 1.38. The molecule has 1 aromatic carbocycles. The van der Waals surface area contributed by atoms with Crippen molar-refractivity contribution in [3.05, 3.63) is 35.7 Å². The molecular formula is C14H16N2OS. The van der Waals surface area contributed by atoms with Gasteiger partial charge < -0.3 is 5.11 Å². The molecule has 0 spiro atoms. The molecule has 0 saturated carbocycles. The van der Waals surface area contributed by atoms with Crippen LogP contribution >= 0.6 is 11.3 Å². The predicted molar refractivity (Wildman–Crippen MR) is 75.3 cm³/mol. The molecule has 2 heterocycles. The molecule has 2 aromatic heterocycles. The number of hydrogen-bond acceptors (Lipinski definition) is 3. The van der Waals surface area contributed by atoms with Gasteiger partial charge in [-0.05, 0) is 38.8 Å². The van der Waals surface area contributed by atoms with Crippen molar-refractivity contribution in [1.82, 2.24) is 9.38 Å². The molecule has 0 aliphatic carbocycles. The number of para-hydroxylation sites is 1. The smallest absolute Gasteiger partial charge is 0.195 e. The lowest BCUT2D eigenvalue weighted by Crippen LogP contribution is -2.04. The highest BCUT2D eigenvalue weighted by molar-refractivity contribution is 7.23. The molecule has 4 heteroatoms. The Kier molecular flexibility index (Phi) is 2.84. The second-order valence-electron chi connectivity index (χ2n) is 4.72. The molecule has 18 heavy (non-hydrogen) atoms. The molecule has 0 aliphatic heterocycles. The van der Waals surface area contributed by atoms with Crippen molar-refractivity contribution in [3.8, 4) is 0 Å². The number of aliphatic hydroxyl groups excluding tert-OH is 1. The molecule has 94 valence electrons. The molecule has 0 aliphatic rings. The molecule has 3 nitrogen and oxygen atoms in total. The molecular weight excluding hydrogens is 244 g/mol. The minimum Gasteiger partial charge on any atom is -0.393 e. The van der Waals surface area contributed by atoms with E-state index in [1.807, 2.05) is 13.8 Å². The third kappa shape index (κ3) is 1.82. The number of fused-ring (bicyclic) bond motifs is 3. The molecule has 0 bridgehead atoms. The van der Waals surface area contributed by atoms with Crippen LogP contribution in [0.5, 0.6) is 0 Å². The van der Waals surface area contributed by atoms with Crippen LogP contribution in [0.15, 0.2) is 24.3 Å². The van der Waals surface area contributed by atoms with Crippen LogP contribution in [0.2, 0.25) is 0 Å². The lowest BCUT2D eigenvalue weighted by molar-refractivity contribution is 0.184. The Bertz CT molecular complexity index is 696. The Morgan fingerprint density at radius 3 is 2.94 bits per heavy atom. The average Bonchev–Trinajstić information content (AvgIpc) is 2.81. The van der Waals surface area contributed by atoms with Gasteiger partial charge in [0.15, 0.2) is 4.96 Å². The third-order valence-corrected chi connectivity index (χ3v) is 4.27. The summed E-state index contributed by atoms with van der Waals surface area (Å²) in [7, 11) is 0. The fraction of sp³-hybridized carbons (Fsp3) is 0.357. The van der Waals surface area contributed by atoms with Gasteiger partial charge in [-0.3, -0.25) is 4.40 Å². The van der Waals surface area contributed by atoms with Crippen LogP contribution in [-0.2, 0) is 6.42 Å². The highest BCUT2D eigenvalue weighted by Gasteiger charge is 2.14. The van der Waals surface area contributed by atoms with Crippen molar-refractivity contribution in [2.24, 2.45) is 0 Å². The Morgan fingerprint density at radius 2 is 2.17 bits per heavy atom. The molecule has 0 radical (unpaired) electrons. The van der Waals surface area contributed by atoms with Crippen LogP contribution in [0.4, 0.5) is 0 Å². The zero-order valence-electron chi connectivity index (χ0n) is 10.6. The van der Waals surface area contributed by atoms with Crippen LogP contribution in [0, 0.1) is 6.92 Å². The quantitative estimate of drug-likeness (QED) is 0.785. The fourth-order valence-corrected chi connectivity index (χ4v) is 3.41. The highest BCUT2D eigenvalue weighted by atomic mass is 32.1. The number of aromatic nitrogens is 2. The molecule has 0 amide bonds. The molecule has 1 N–H and O–H groups in total. The predicted octanol–water partition coefficient (Wildman–Crippen LogP) is 3.17. The topological polar surface area (TPSA) is 37.5 Å². The minimum absolute atomic E-state index is 0.264. The van der Waals surface area contributed by atoms with E-state index in [1.165, 1.54) is 15.9 Å². The van der Waals surface area contributed by atoms with Crippen molar-refractivity contribution < 1.29 is 5.11 Å². The first-order valence-corrected chi connectivity index (χ1v) is 7.02. The van der Waals surface area contributed by atoms with Gasteiger partial charge in [0.25, 0.3) is 0 Å². The van der Waals surface area contributed by atoms with Crippen LogP contribution < -0.4 is 0 Å². The fourth-order valence-electron chi connectivity index (χ4n) is 2.32. The maximum atomic E-state index is 9.45. The summed E-state index contributed by atoms with van der Waals surface area (Å²) < 4.78 is 3.50. The van der Waals surface area contributed by atoms with Crippen molar-refractivity contribution in [1.29, 1.82) is 0 Å². The second-order valence-corrected chi connectivity index (χ2v) is 5.73. The Morgan fingerprint density at radius 1 is 1.39 bits per heavy atom. The van der Waals surface area contributed by atoms with E-state index in [4.69, 9.17) is 0 Å². The maximum Gasteiger partial charge on any atom is 0.195 e. The molecule has 1 unspecified atom stereocenters. The standard InChI is InChI=1S/C14H16N2OS/c1-9(17)7-8-11-10(2)15-14-16(11)12-5-3-4-6-13(12)18-14/h3-6,9,17H,7-8H2,1-2H3. The van der Waals surface area contributed by atoms with E-state index in [9.17, 15) is 5.11 Å². The maximum absolute atomic E-state index is 9.45. The number of thiazole rings is 1. The lowest BCUT2D eigenvalue weighted by Gasteiger charge is -2.05. The van der Waals surface area contributed by atoms with Crippen molar-refractivity contribution >= 4 is 26.5 Å². The van der Waals surface area contributed by atoms with Crippen LogP contribution in [-0.4, -0.2) is 20.6 Å². The minimum atomic E-state index is -0.264. The molecule has 3 aromatic rings. The van der Waals surface area contributed by atoms with Crippen LogP contribution in [0.1, 0.15) is 24.7 Å². The third-order valence-electron chi connectivity index (χ3n) is 3.25. The molecule has 3 rings (SSSR count). The first kappa shape index (κ1) is 11.7. The number of benzene rings is 1. The Balaban J connectivity index is 2.19.